The molecule has 27 heavy (non-hydrogen) atoms. The number of rotatable bonds is 5. The molecular weight excluding hydrogens is 356 g/mol. The molecule has 0 aliphatic carbocycles. The first-order chi connectivity index (χ1) is 12.8. The number of carbonyl (C=O) groups is 2. The molecule has 2 aliphatic rings. The number of anilines is 1. The van der Waals surface area contributed by atoms with Gasteiger partial charge in [-0.1, -0.05) is 26.8 Å². The van der Waals surface area contributed by atoms with Crippen molar-refractivity contribution in [2.24, 2.45) is 0 Å². The summed E-state index contributed by atoms with van der Waals surface area (Å²) in [7, 11) is 0. The van der Waals surface area contributed by atoms with Crippen molar-refractivity contribution in [2.75, 3.05) is 18.0 Å². The van der Waals surface area contributed by atoms with Crippen molar-refractivity contribution < 1.29 is 9.59 Å². The lowest BCUT2D eigenvalue weighted by Gasteiger charge is -2.47. The van der Waals surface area contributed by atoms with Gasteiger partial charge in [-0.2, -0.15) is 0 Å². The maximum atomic E-state index is 12.5. The average Bonchev–Trinajstić information content (AvgIpc) is 2.86. The molecule has 2 heterocycles. The average molecular weight is 387 g/mol. The Morgan fingerprint density at radius 3 is 2.56 bits per heavy atom. The fourth-order valence-corrected chi connectivity index (χ4v) is 5.18. The summed E-state index contributed by atoms with van der Waals surface area (Å²) in [5, 5.41) is -0.157. The first kappa shape index (κ1) is 20.0. The standard InChI is InChI=1S/C22H30N2O2S/c1-6-10-23-20(25)19(27-21(23)26)13-16-8-9-18-17(12-16)15(3)14-22(4,5)24(18)11-7-2/h8-9,12-13,15H,6-7,10-11,14H2,1-5H3/b19-13+. The van der Waals surface area contributed by atoms with Crippen LogP contribution in [0, 0.1) is 0 Å². The van der Waals surface area contributed by atoms with Crippen molar-refractivity contribution in [3.05, 3.63) is 34.2 Å². The Labute approximate surface area is 167 Å². The zero-order chi connectivity index (χ0) is 19.8. The normalized spacial score (nSPS) is 23.3. The molecule has 0 aromatic heterocycles. The van der Waals surface area contributed by atoms with Crippen LogP contribution in [0.3, 0.4) is 0 Å². The predicted octanol–water partition coefficient (Wildman–Crippen LogP) is 5.64. The van der Waals surface area contributed by atoms with E-state index in [0.29, 0.717) is 17.4 Å². The molecule has 1 unspecified atom stereocenters. The van der Waals surface area contributed by atoms with Gasteiger partial charge in [0.15, 0.2) is 0 Å². The molecule has 3 rings (SSSR count). The van der Waals surface area contributed by atoms with Crippen LogP contribution in [0.5, 0.6) is 0 Å². The first-order valence-corrected chi connectivity index (χ1v) is 10.8. The largest absolute Gasteiger partial charge is 0.366 e. The highest BCUT2D eigenvalue weighted by atomic mass is 32.2. The molecule has 0 bridgehead atoms. The predicted molar refractivity (Wildman–Crippen MR) is 114 cm³/mol. The highest BCUT2D eigenvalue weighted by molar-refractivity contribution is 8.18. The summed E-state index contributed by atoms with van der Waals surface area (Å²) in [6, 6.07) is 6.46. The summed E-state index contributed by atoms with van der Waals surface area (Å²) in [5.41, 5.74) is 3.78. The fraction of sp³-hybridized carbons (Fsp3) is 0.545. The number of nitrogens with zero attached hydrogens (tertiary/aromatic N) is 2. The quantitative estimate of drug-likeness (QED) is 0.615. The first-order valence-electron chi connectivity index (χ1n) is 9.95. The van der Waals surface area contributed by atoms with Gasteiger partial charge < -0.3 is 4.90 Å². The van der Waals surface area contributed by atoms with E-state index in [4.69, 9.17) is 0 Å². The SMILES string of the molecule is CCCN1C(=O)S/C(=C/c2ccc3c(c2)C(C)CC(C)(C)N3CCC)C1=O. The van der Waals surface area contributed by atoms with Gasteiger partial charge in [-0.3, -0.25) is 14.5 Å². The van der Waals surface area contributed by atoms with E-state index in [1.54, 1.807) is 0 Å². The smallest absolute Gasteiger partial charge is 0.293 e. The maximum Gasteiger partial charge on any atom is 0.293 e. The van der Waals surface area contributed by atoms with Crippen molar-refractivity contribution in [3.63, 3.8) is 0 Å². The second kappa shape index (κ2) is 7.70. The van der Waals surface area contributed by atoms with Crippen molar-refractivity contribution in [1.82, 2.24) is 4.90 Å². The van der Waals surface area contributed by atoms with E-state index in [2.05, 4.69) is 50.8 Å². The monoisotopic (exact) mass is 386 g/mol. The minimum atomic E-state index is -0.161. The van der Waals surface area contributed by atoms with Gasteiger partial charge in [0, 0.05) is 24.3 Å². The number of thioether (sulfide) groups is 1. The Balaban J connectivity index is 1.94. The molecule has 0 N–H and O–H groups in total. The highest BCUT2D eigenvalue weighted by Crippen LogP contribution is 2.44. The Bertz CT molecular complexity index is 785. The second-order valence-electron chi connectivity index (χ2n) is 8.22. The molecule has 2 amide bonds. The zero-order valence-electron chi connectivity index (χ0n) is 17.0. The molecule has 0 saturated carbocycles. The molecular formula is C22H30N2O2S. The molecule has 1 aromatic carbocycles. The van der Waals surface area contributed by atoms with Crippen LogP contribution in [0.4, 0.5) is 10.5 Å². The number of amides is 2. The van der Waals surface area contributed by atoms with Gasteiger partial charge in [0.2, 0.25) is 0 Å². The molecule has 2 aliphatic heterocycles. The summed E-state index contributed by atoms with van der Waals surface area (Å²) in [5.74, 6) is 0.304. The number of carbonyl (C=O) groups excluding carboxylic acids is 2. The minimum absolute atomic E-state index is 0.146. The van der Waals surface area contributed by atoms with Gasteiger partial charge in [0.1, 0.15) is 0 Å². The van der Waals surface area contributed by atoms with Crippen LogP contribution in [0.15, 0.2) is 23.1 Å². The van der Waals surface area contributed by atoms with Crippen molar-refractivity contribution >= 4 is 34.7 Å². The van der Waals surface area contributed by atoms with Crippen LogP contribution in [0.1, 0.15) is 70.9 Å². The van der Waals surface area contributed by atoms with Gasteiger partial charge in [-0.05, 0) is 80.1 Å². The lowest BCUT2D eigenvalue weighted by Crippen LogP contribution is -2.48. The minimum Gasteiger partial charge on any atom is -0.366 e. The third kappa shape index (κ3) is 3.79. The van der Waals surface area contributed by atoms with Crippen LogP contribution in [0.2, 0.25) is 0 Å². The molecule has 1 saturated heterocycles. The van der Waals surface area contributed by atoms with E-state index in [-0.39, 0.29) is 16.7 Å². The maximum absolute atomic E-state index is 12.5. The number of hydrogen-bond acceptors (Lipinski definition) is 4. The van der Waals surface area contributed by atoms with Crippen molar-refractivity contribution in [3.8, 4) is 0 Å². The molecule has 1 atom stereocenters. The van der Waals surface area contributed by atoms with Crippen LogP contribution in [0.25, 0.3) is 6.08 Å². The molecule has 1 fully saturated rings. The lowest BCUT2D eigenvalue weighted by molar-refractivity contribution is -0.122. The Morgan fingerprint density at radius 1 is 1.19 bits per heavy atom. The van der Waals surface area contributed by atoms with Crippen LogP contribution < -0.4 is 4.90 Å². The van der Waals surface area contributed by atoms with Gasteiger partial charge in [-0.15, -0.1) is 0 Å². The van der Waals surface area contributed by atoms with Crippen molar-refractivity contribution in [2.45, 2.75) is 65.3 Å². The van der Waals surface area contributed by atoms with Gasteiger partial charge in [-0.25, -0.2) is 0 Å². The summed E-state index contributed by atoms with van der Waals surface area (Å²) >= 11 is 1.05. The van der Waals surface area contributed by atoms with Gasteiger partial charge >= 0.3 is 0 Å². The Kier molecular flexibility index (Phi) is 5.71. The highest BCUT2D eigenvalue weighted by Gasteiger charge is 2.36. The number of hydrogen-bond donors (Lipinski definition) is 0. The third-order valence-electron chi connectivity index (χ3n) is 5.48. The molecule has 0 radical (unpaired) electrons. The fourth-order valence-electron chi connectivity index (χ4n) is 4.31. The van der Waals surface area contributed by atoms with E-state index in [0.717, 1.165) is 43.1 Å². The molecule has 5 heteroatoms. The summed E-state index contributed by atoms with van der Waals surface area (Å²) in [4.78, 5) is 29.0. The Morgan fingerprint density at radius 2 is 1.89 bits per heavy atom. The van der Waals surface area contributed by atoms with Gasteiger partial charge in [0.05, 0.1) is 4.91 Å². The van der Waals surface area contributed by atoms with E-state index >= 15 is 0 Å². The molecule has 0 spiro atoms. The van der Waals surface area contributed by atoms with E-state index in [1.807, 2.05) is 13.0 Å². The molecule has 1 aromatic rings. The lowest BCUT2D eigenvalue weighted by atomic mass is 9.79. The van der Waals surface area contributed by atoms with E-state index in [1.165, 1.54) is 16.2 Å². The van der Waals surface area contributed by atoms with Crippen molar-refractivity contribution in [1.29, 1.82) is 0 Å². The molecule has 4 nitrogen and oxygen atoms in total. The second-order valence-corrected chi connectivity index (χ2v) is 9.21. The Hall–Kier alpha value is -1.75. The van der Waals surface area contributed by atoms with Crippen LogP contribution >= 0.6 is 11.8 Å². The molecule has 146 valence electrons. The number of benzene rings is 1. The topological polar surface area (TPSA) is 40.6 Å². The van der Waals surface area contributed by atoms with E-state index < -0.39 is 0 Å². The number of fused-ring (bicyclic) bond motifs is 1. The van der Waals surface area contributed by atoms with Gasteiger partial charge in [0.25, 0.3) is 11.1 Å². The van der Waals surface area contributed by atoms with E-state index in [9.17, 15) is 9.59 Å². The third-order valence-corrected chi connectivity index (χ3v) is 6.38. The summed E-state index contributed by atoms with van der Waals surface area (Å²) in [6.45, 7) is 12.6. The summed E-state index contributed by atoms with van der Waals surface area (Å²) < 4.78 is 0. The van der Waals surface area contributed by atoms with Crippen LogP contribution in [-0.4, -0.2) is 34.7 Å². The number of imide groups is 1. The van der Waals surface area contributed by atoms with Crippen LogP contribution in [-0.2, 0) is 4.79 Å². The zero-order valence-corrected chi connectivity index (χ0v) is 17.9. The summed E-state index contributed by atoms with van der Waals surface area (Å²) in [6.07, 6.45) is 4.88.